The van der Waals surface area contributed by atoms with Gasteiger partial charge in [-0.1, -0.05) is 18.2 Å². The molecule has 0 fully saturated rings. The van der Waals surface area contributed by atoms with E-state index >= 15 is 0 Å². The van der Waals surface area contributed by atoms with Crippen LogP contribution in [0.25, 0.3) is 0 Å². The summed E-state index contributed by atoms with van der Waals surface area (Å²) in [6.07, 6.45) is -0.738. The van der Waals surface area contributed by atoms with Gasteiger partial charge in [0.1, 0.15) is 5.69 Å². The molecule has 2 rings (SSSR count). The van der Waals surface area contributed by atoms with E-state index in [1.807, 2.05) is 42.3 Å². The zero-order valence-electron chi connectivity index (χ0n) is 13.6. The molecule has 4 N–H and O–H groups in total. The molecule has 0 amide bonds. The fraction of sp³-hybridized carbons (Fsp3) is 0.312. The van der Waals surface area contributed by atoms with E-state index in [4.69, 9.17) is 5.73 Å². The standard InChI is InChI=1S/C16H21N5O3/c1-11-8-14(17)15(21(23)24)16(19-11)18-9-13(22)10-20(2)12-6-4-3-5-7-12/h3-8,13,22H,9-10H2,1-2H3,(H3,17,18,19). The SMILES string of the molecule is Cc1cc(N)c([N+](=O)[O-])c(NCC(O)CN(C)c2ccccc2)n1. The average molecular weight is 331 g/mol. The zero-order chi connectivity index (χ0) is 17.7. The zero-order valence-corrected chi connectivity index (χ0v) is 13.6. The Morgan fingerprint density at radius 3 is 2.71 bits per heavy atom. The molecule has 1 heterocycles. The highest BCUT2D eigenvalue weighted by Crippen LogP contribution is 2.29. The second-order valence-corrected chi connectivity index (χ2v) is 5.56. The predicted octanol–water partition coefficient (Wildman–Crippen LogP) is 1.79. The van der Waals surface area contributed by atoms with Crippen molar-refractivity contribution in [3.63, 3.8) is 0 Å². The first-order valence-electron chi connectivity index (χ1n) is 7.48. The van der Waals surface area contributed by atoms with Crippen molar-refractivity contribution < 1.29 is 10.0 Å². The Hall–Kier alpha value is -2.87. The number of hydrogen-bond donors (Lipinski definition) is 3. The van der Waals surface area contributed by atoms with Gasteiger partial charge in [-0.05, 0) is 25.1 Å². The second-order valence-electron chi connectivity index (χ2n) is 5.56. The van der Waals surface area contributed by atoms with E-state index in [1.54, 1.807) is 6.92 Å². The number of aryl methyl sites for hydroxylation is 1. The van der Waals surface area contributed by atoms with Crippen LogP contribution >= 0.6 is 0 Å². The highest BCUT2D eigenvalue weighted by molar-refractivity contribution is 5.71. The Morgan fingerprint density at radius 2 is 2.08 bits per heavy atom. The first-order chi connectivity index (χ1) is 11.4. The molecular formula is C16H21N5O3. The summed E-state index contributed by atoms with van der Waals surface area (Å²) >= 11 is 0. The van der Waals surface area contributed by atoms with Crippen LogP contribution in [0.15, 0.2) is 36.4 Å². The molecule has 0 saturated carbocycles. The van der Waals surface area contributed by atoms with Gasteiger partial charge < -0.3 is 21.1 Å². The molecule has 0 aliphatic rings. The average Bonchev–Trinajstić information content (AvgIpc) is 2.52. The van der Waals surface area contributed by atoms with E-state index in [0.29, 0.717) is 12.2 Å². The lowest BCUT2D eigenvalue weighted by Crippen LogP contribution is -2.34. The van der Waals surface area contributed by atoms with Crippen molar-refractivity contribution in [1.82, 2.24) is 4.98 Å². The van der Waals surface area contributed by atoms with Gasteiger partial charge in [0.2, 0.25) is 5.82 Å². The van der Waals surface area contributed by atoms with Gasteiger partial charge in [-0.2, -0.15) is 0 Å². The van der Waals surface area contributed by atoms with E-state index in [-0.39, 0.29) is 23.7 Å². The minimum atomic E-state index is -0.738. The number of nitrogen functional groups attached to an aromatic ring is 1. The summed E-state index contributed by atoms with van der Waals surface area (Å²) in [5, 5.41) is 24.1. The van der Waals surface area contributed by atoms with Crippen LogP contribution in [-0.2, 0) is 0 Å². The summed E-state index contributed by atoms with van der Waals surface area (Å²) in [5.74, 6) is 0.0684. The van der Waals surface area contributed by atoms with Gasteiger partial charge in [-0.3, -0.25) is 10.1 Å². The summed E-state index contributed by atoms with van der Waals surface area (Å²) in [7, 11) is 1.86. The van der Waals surface area contributed by atoms with Crippen LogP contribution in [-0.4, -0.2) is 41.3 Å². The fourth-order valence-electron chi connectivity index (χ4n) is 2.39. The van der Waals surface area contributed by atoms with Gasteiger partial charge in [0.25, 0.3) is 0 Å². The van der Waals surface area contributed by atoms with Crippen molar-refractivity contribution in [2.45, 2.75) is 13.0 Å². The number of anilines is 3. The summed E-state index contributed by atoms with van der Waals surface area (Å²) in [5.41, 5.74) is 7.01. The Morgan fingerprint density at radius 1 is 1.42 bits per heavy atom. The van der Waals surface area contributed by atoms with Gasteiger partial charge >= 0.3 is 5.69 Å². The van der Waals surface area contributed by atoms with Crippen molar-refractivity contribution in [2.24, 2.45) is 0 Å². The second kappa shape index (κ2) is 7.60. The van der Waals surface area contributed by atoms with Crippen LogP contribution in [0.3, 0.4) is 0 Å². The van der Waals surface area contributed by atoms with Crippen LogP contribution in [0, 0.1) is 17.0 Å². The van der Waals surface area contributed by atoms with E-state index in [2.05, 4.69) is 10.3 Å². The molecule has 0 aliphatic heterocycles. The first kappa shape index (κ1) is 17.5. The number of nitrogens with zero attached hydrogens (tertiary/aromatic N) is 3. The number of rotatable bonds is 7. The number of hydrogen-bond acceptors (Lipinski definition) is 7. The Labute approximate surface area is 140 Å². The number of pyridine rings is 1. The Bertz CT molecular complexity index is 708. The van der Waals surface area contributed by atoms with Crippen molar-refractivity contribution in [3.05, 3.63) is 52.2 Å². The van der Waals surface area contributed by atoms with Crippen LogP contribution < -0.4 is 16.0 Å². The number of nitro groups is 1. The molecule has 1 aromatic heterocycles. The van der Waals surface area contributed by atoms with Crippen LogP contribution in [0.5, 0.6) is 0 Å². The maximum atomic E-state index is 11.1. The van der Waals surface area contributed by atoms with Gasteiger partial charge in [0.05, 0.1) is 11.0 Å². The summed E-state index contributed by atoms with van der Waals surface area (Å²) in [4.78, 5) is 16.6. The van der Waals surface area contributed by atoms with Gasteiger partial charge in [-0.25, -0.2) is 4.98 Å². The summed E-state index contributed by atoms with van der Waals surface area (Å²) in [6, 6.07) is 11.1. The normalized spacial score (nSPS) is 11.8. The highest BCUT2D eigenvalue weighted by Gasteiger charge is 2.21. The number of para-hydroxylation sites is 1. The van der Waals surface area contributed by atoms with Crippen molar-refractivity contribution in [1.29, 1.82) is 0 Å². The minimum absolute atomic E-state index is 0.0471. The molecule has 0 bridgehead atoms. The molecule has 0 aliphatic carbocycles. The van der Waals surface area contributed by atoms with Crippen molar-refractivity contribution in [2.75, 3.05) is 36.1 Å². The third-order valence-electron chi connectivity index (χ3n) is 3.52. The minimum Gasteiger partial charge on any atom is -0.393 e. The van der Waals surface area contributed by atoms with Crippen LogP contribution in [0.2, 0.25) is 0 Å². The molecular weight excluding hydrogens is 310 g/mol. The molecule has 0 spiro atoms. The van der Waals surface area contributed by atoms with E-state index in [1.165, 1.54) is 6.07 Å². The molecule has 128 valence electrons. The largest absolute Gasteiger partial charge is 0.393 e. The predicted molar refractivity (Wildman–Crippen MR) is 94.2 cm³/mol. The van der Waals surface area contributed by atoms with E-state index in [9.17, 15) is 15.2 Å². The molecule has 0 saturated heterocycles. The van der Waals surface area contributed by atoms with Gasteiger partial charge in [-0.15, -0.1) is 0 Å². The number of likely N-dealkylation sites (N-methyl/N-ethyl adjacent to an activating group) is 1. The monoisotopic (exact) mass is 331 g/mol. The number of aliphatic hydroxyl groups is 1. The number of benzene rings is 1. The van der Waals surface area contributed by atoms with Crippen molar-refractivity contribution in [3.8, 4) is 0 Å². The van der Waals surface area contributed by atoms with E-state index in [0.717, 1.165) is 5.69 Å². The van der Waals surface area contributed by atoms with Crippen LogP contribution in [0.4, 0.5) is 22.9 Å². The third kappa shape index (κ3) is 4.32. The molecule has 2 aromatic rings. The molecule has 0 radical (unpaired) electrons. The Balaban J connectivity index is 2.02. The lowest BCUT2D eigenvalue weighted by Gasteiger charge is -2.23. The summed E-state index contributed by atoms with van der Waals surface area (Å²) in [6.45, 7) is 2.19. The molecule has 24 heavy (non-hydrogen) atoms. The van der Waals surface area contributed by atoms with Crippen LogP contribution in [0.1, 0.15) is 5.69 Å². The molecule has 1 atom stereocenters. The smallest absolute Gasteiger partial charge is 0.334 e. The quantitative estimate of drug-likeness (QED) is 0.523. The highest BCUT2D eigenvalue weighted by atomic mass is 16.6. The number of aromatic nitrogens is 1. The molecule has 8 heteroatoms. The maximum absolute atomic E-state index is 11.1. The molecule has 1 aromatic carbocycles. The lowest BCUT2D eigenvalue weighted by atomic mass is 10.2. The van der Waals surface area contributed by atoms with Crippen molar-refractivity contribution >= 4 is 22.9 Å². The number of aliphatic hydroxyl groups excluding tert-OH is 1. The van der Waals surface area contributed by atoms with E-state index < -0.39 is 11.0 Å². The number of nitrogens with one attached hydrogen (secondary N) is 1. The fourth-order valence-corrected chi connectivity index (χ4v) is 2.39. The summed E-state index contributed by atoms with van der Waals surface area (Å²) < 4.78 is 0. The topological polar surface area (TPSA) is 118 Å². The van der Waals surface area contributed by atoms with Gasteiger partial charge in [0, 0.05) is 31.5 Å². The lowest BCUT2D eigenvalue weighted by molar-refractivity contribution is -0.383. The third-order valence-corrected chi connectivity index (χ3v) is 3.52. The molecule has 8 nitrogen and oxygen atoms in total. The maximum Gasteiger partial charge on any atom is 0.334 e. The Kier molecular flexibility index (Phi) is 5.54. The number of nitrogens with two attached hydrogens (primary N) is 1. The van der Waals surface area contributed by atoms with Gasteiger partial charge in [0.15, 0.2) is 0 Å². The first-order valence-corrected chi connectivity index (χ1v) is 7.48. The molecule has 1 unspecified atom stereocenters.